The maximum Gasteiger partial charge on any atom is 0.306 e. The summed E-state index contributed by atoms with van der Waals surface area (Å²) in [5.41, 5.74) is 0. The Kier molecular flexibility index (Phi) is 58.7. The lowest BCUT2D eigenvalue weighted by Gasteiger charge is -2.18. The SMILES string of the molecule is CCCC/C=C\C/C=C\CCCCCCCC(=O)OCC(COC(=O)CCCCCCCCCCCCCCCCCCCCCCCC)OC(=O)CCCCCCCCC/C=C\C/C=C\CCCCCC. The van der Waals surface area contributed by atoms with Crippen LogP contribution in [0.4, 0.5) is 0 Å². The minimum Gasteiger partial charge on any atom is -0.462 e. The van der Waals surface area contributed by atoms with Gasteiger partial charge in [-0.1, -0.05) is 288 Å². The van der Waals surface area contributed by atoms with Gasteiger partial charge in [0.2, 0.25) is 0 Å². The van der Waals surface area contributed by atoms with Crippen LogP contribution in [0.1, 0.15) is 335 Å². The number of hydrogen-bond donors (Lipinski definition) is 0. The maximum atomic E-state index is 12.9. The molecular formula is C66H120O6. The Bertz CT molecular complexity index is 1250. The molecule has 0 saturated heterocycles. The molecule has 0 N–H and O–H groups in total. The van der Waals surface area contributed by atoms with Crippen LogP contribution in [0.5, 0.6) is 0 Å². The van der Waals surface area contributed by atoms with Gasteiger partial charge in [-0.2, -0.15) is 0 Å². The van der Waals surface area contributed by atoms with E-state index in [2.05, 4.69) is 69.4 Å². The average molecular weight is 1010 g/mol. The maximum absolute atomic E-state index is 12.9. The topological polar surface area (TPSA) is 78.9 Å². The summed E-state index contributed by atoms with van der Waals surface area (Å²) < 4.78 is 16.9. The second-order valence-corrected chi connectivity index (χ2v) is 21.3. The molecule has 0 rings (SSSR count). The third-order valence-corrected chi connectivity index (χ3v) is 14.1. The van der Waals surface area contributed by atoms with Gasteiger partial charge in [-0.05, 0) is 77.0 Å². The lowest BCUT2D eigenvalue weighted by atomic mass is 10.0. The van der Waals surface area contributed by atoms with Gasteiger partial charge < -0.3 is 14.2 Å². The molecule has 0 aromatic carbocycles. The molecule has 0 saturated carbocycles. The Labute approximate surface area is 448 Å². The molecule has 6 nitrogen and oxygen atoms in total. The third kappa shape index (κ3) is 58.3. The van der Waals surface area contributed by atoms with Crippen LogP contribution >= 0.6 is 0 Å². The summed E-state index contributed by atoms with van der Waals surface area (Å²) in [5.74, 6) is -0.881. The molecule has 72 heavy (non-hydrogen) atoms. The molecule has 0 aliphatic carbocycles. The zero-order chi connectivity index (χ0) is 52.2. The molecule has 0 aromatic rings. The van der Waals surface area contributed by atoms with Gasteiger partial charge in [0.15, 0.2) is 6.10 Å². The molecule has 1 unspecified atom stereocenters. The predicted octanol–water partition coefficient (Wildman–Crippen LogP) is 21.4. The van der Waals surface area contributed by atoms with E-state index in [4.69, 9.17) is 14.2 Å². The second kappa shape index (κ2) is 60.9. The largest absolute Gasteiger partial charge is 0.462 e. The fraction of sp³-hybridized carbons (Fsp3) is 0.833. The Morgan fingerprint density at radius 2 is 0.514 bits per heavy atom. The van der Waals surface area contributed by atoms with Crippen LogP contribution in [0.25, 0.3) is 0 Å². The summed E-state index contributed by atoms with van der Waals surface area (Å²) in [4.78, 5) is 38.3. The van der Waals surface area contributed by atoms with Crippen LogP contribution in [-0.2, 0) is 28.6 Å². The number of rotatable bonds is 58. The fourth-order valence-corrected chi connectivity index (χ4v) is 9.26. The van der Waals surface area contributed by atoms with Crippen LogP contribution in [-0.4, -0.2) is 37.2 Å². The summed E-state index contributed by atoms with van der Waals surface area (Å²) in [6.07, 6.45) is 75.4. The van der Waals surface area contributed by atoms with E-state index in [9.17, 15) is 14.4 Å². The van der Waals surface area contributed by atoms with Gasteiger partial charge in [-0.3, -0.25) is 14.4 Å². The molecule has 0 radical (unpaired) electrons. The van der Waals surface area contributed by atoms with Crippen molar-refractivity contribution < 1.29 is 28.6 Å². The van der Waals surface area contributed by atoms with Crippen molar-refractivity contribution in [3.05, 3.63) is 48.6 Å². The average Bonchev–Trinajstić information content (AvgIpc) is 3.38. The van der Waals surface area contributed by atoms with Gasteiger partial charge in [-0.25, -0.2) is 0 Å². The standard InChI is InChI=1S/C66H120O6/c1-4-7-10-13-16-19-22-25-28-30-32-33-34-35-37-38-41-44-47-50-53-56-59-65(68)71-62-63(61-70-64(67)58-55-52-49-46-43-40-27-24-21-18-15-12-9-6-3)72-66(69)60-57-54-51-48-45-42-39-36-31-29-26-23-20-17-14-11-8-5-2/h15,18,20,23-24,27,29,31,63H,4-14,16-17,19,21-22,25-26,28,30,32-62H2,1-3H3/b18-15-,23-20-,27-24-,31-29-. The molecular weight excluding hydrogens is 889 g/mol. The van der Waals surface area contributed by atoms with Crippen molar-refractivity contribution in [2.24, 2.45) is 0 Å². The van der Waals surface area contributed by atoms with Gasteiger partial charge in [0.1, 0.15) is 13.2 Å². The minimum absolute atomic E-state index is 0.0776. The highest BCUT2D eigenvalue weighted by atomic mass is 16.6. The van der Waals surface area contributed by atoms with Crippen LogP contribution in [0.3, 0.4) is 0 Å². The first kappa shape index (κ1) is 69.4. The first-order valence-corrected chi connectivity index (χ1v) is 31.6. The third-order valence-electron chi connectivity index (χ3n) is 14.1. The van der Waals surface area contributed by atoms with Gasteiger partial charge in [0.05, 0.1) is 0 Å². The van der Waals surface area contributed by atoms with E-state index in [1.165, 1.54) is 205 Å². The summed E-state index contributed by atoms with van der Waals surface area (Å²) in [6, 6.07) is 0. The van der Waals surface area contributed by atoms with Crippen molar-refractivity contribution in [2.45, 2.75) is 341 Å². The van der Waals surface area contributed by atoms with E-state index in [1.807, 2.05) is 0 Å². The van der Waals surface area contributed by atoms with E-state index >= 15 is 0 Å². The first-order chi connectivity index (χ1) is 35.5. The number of hydrogen-bond acceptors (Lipinski definition) is 6. The molecule has 0 fully saturated rings. The van der Waals surface area contributed by atoms with Gasteiger partial charge in [-0.15, -0.1) is 0 Å². The number of carbonyl (C=O) groups excluding carboxylic acids is 3. The fourth-order valence-electron chi connectivity index (χ4n) is 9.26. The molecule has 0 spiro atoms. The summed E-state index contributed by atoms with van der Waals surface area (Å²) in [5, 5.41) is 0. The monoisotopic (exact) mass is 1010 g/mol. The van der Waals surface area contributed by atoms with E-state index in [1.54, 1.807) is 0 Å². The van der Waals surface area contributed by atoms with E-state index in [0.29, 0.717) is 19.3 Å². The van der Waals surface area contributed by atoms with Crippen LogP contribution in [0.2, 0.25) is 0 Å². The number of esters is 3. The number of unbranched alkanes of at least 4 members (excludes halogenated alkanes) is 39. The smallest absolute Gasteiger partial charge is 0.306 e. The van der Waals surface area contributed by atoms with Gasteiger partial charge in [0.25, 0.3) is 0 Å². The molecule has 1 atom stereocenters. The Morgan fingerprint density at radius 1 is 0.278 bits per heavy atom. The Balaban J connectivity index is 4.32. The Hall–Kier alpha value is -2.63. The highest BCUT2D eigenvalue weighted by Gasteiger charge is 2.19. The number of ether oxygens (including phenoxy) is 3. The van der Waals surface area contributed by atoms with Crippen molar-refractivity contribution in [2.75, 3.05) is 13.2 Å². The van der Waals surface area contributed by atoms with Crippen molar-refractivity contribution in [1.29, 1.82) is 0 Å². The summed E-state index contributed by atoms with van der Waals surface area (Å²) in [6.45, 7) is 6.62. The van der Waals surface area contributed by atoms with Crippen LogP contribution in [0.15, 0.2) is 48.6 Å². The molecule has 0 bridgehead atoms. The van der Waals surface area contributed by atoms with Gasteiger partial charge in [0, 0.05) is 19.3 Å². The predicted molar refractivity (Wildman–Crippen MR) is 312 cm³/mol. The lowest BCUT2D eigenvalue weighted by molar-refractivity contribution is -0.167. The molecule has 0 heterocycles. The number of carbonyl (C=O) groups is 3. The van der Waals surface area contributed by atoms with Crippen molar-refractivity contribution >= 4 is 17.9 Å². The molecule has 0 aliphatic rings. The second-order valence-electron chi connectivity index (χ2n) is 21.3. The van der Waals surface area contributed by atoms with Crippen molar-refractivity contribution in [1.82, 2.24) is 0 Å². The molecule has 0 aliphatic heterocycles. The van der Waals surface area contributed by atoms with Crippen molar-refractivity contribution in [3.8, 4) is 0 Å². The number of allylic oxidation sites excluding steroid dienone is 8. The van der Waals surface area contributed by atoms with E-state index in [0.717, 1.165) is 89.9 Å². The molecule has 0 aromatic heterocycles. The van der Waals surface area contributed by atoms with Crippen LogP contribution < -0.4 is 0 Å². The molecule has 420 valence electrons. The quantitative estimate of drug-likeness (QED) is 0.0261. The van der Waals surface area contributed by atoms with Gasteiger partial charge >= 0.3 is 17.9 Å². The van der Waals surface area contributed by atoms with Crippen LogP contribution in [0, 0.1) is 0 Å². The molecule has 0 amide bonds. The Morgan fingerprint density at radius 3 is 0.819 bits per heavy atom. The minimum atomic E-state index is -0.782. The summed E-state index contributed by atoms with van der Waals surface area (Å²) in [7, 11) is 0. The normalized spacial score (nSPS) is 12.3. The summed E-state index contributed by atoms with van der Waals surface area (Å²) >= 11 is 0. The highest BCUT2D eigenvalue weighted by molar-refractivity contribution is 5.71. The molecule has 6 heteroatoms. The lowest BCUT2D eigenvalue weighted by Crippen LogP contribution is -2.30. The zero-order valence-electron chi connectivity index (χ0n) is 48.2. The zero-order valence-corrected chi connectivity index (χ0v) is 48.2. The highest BCUT2D eigenvalue weighted by Crippen LogP contribution is 2.17. The van der Waals surface area contributed by atoms with E-state index < -0.39 is 6.10 Å². The van der Waals surface area contributed by atoms with E-state index in [-0.39, 0.29) is 31.1 Å². The first-order valence-electron chi connectivity index (χ1n) is 31.6. The van der Waals surface area contributed by atoms with Crippen molar-refractivity contribution in [3.63, 3.8) is 0 Å².